The highest BCUT2D eigenvalue weighted by Crippen LogP contribution is 2.35. The summed E-state index contributed by atoms with van der Waals surface area (Å²) < 4.78 is 13.3. The van der Waals surface area contributed by atoms with E-state index in [4.69, 9.17) is 17.3 Å². The van der Waals surface area contributed by atoms with Gasteiger partial charge in [-0.1, -0.05) is 17.7 Å². The molecule has 3 rings (SSSR count). The summed E-state index contributed by atoms with van der Waals surface area (Å²) >= 11 is 5.86. The van der Waals surface area contributed by atoms with Crippen molar-refractivity contribution in [3.63, 3.8) is 0 Å². The van der Waals surface area contributed by atoms with Gasteiger partial charge in [0.15, 0.2) is 0 Å². The highest BCUT2D eigenvalue weighted by atomic mass is 35.5. The standard InChI is InChI=1S/C15H14ClFN2/c16-10-6-11(17)8-13(7-10)19-15-4-1-9-5-12(18)2-3-14(9)15/h2-3,5-8,15,19H,1,4,18H2. The summed E-state index contributed by atoms with van der Waals surface area (Å²) in [5.74, 6) is -0.328. The fourth-order valence-corrected chi connectivity index (χ4v) is 2.85. The van der Waals surface area contributed by atoms with Crippen molar-refractivity contribution >= 4 is 23.0 Å². The van der Waals surface area contributed by atoms with E-state index in [0.717, 1.165) is 18.5 Å². The van der Waals surface area contributed by atoms with Crippen molar-refractivity contribution < 1.29 is 4.39 Å². The Hall–Kier alpha value is -1.74. The molecule has 0 saturated carbocycles. The molecule has 0 radical (unpaired) electrons. The van der Waals surface area contributed by atoms with Gasteiger partial charge in [0.05, 0.1) is 6.04 Å². The Bertz CT molecular complexity index is 607. The topological polar surface area (TPSA) is 38.0 Å². The first kappa shape index (κ1) is 12.3. The van der Waals surface area contributed by atoms with E-state index in [2.05, 4.69) is 5.32 Å². The highest BCUT2D eigenvalue weighted by Gasteiger charge is 2.22. The van der Waals surface area contributed by atoms with Gasteiger partial charge in [0.25, 0.3) is 0 Å². The van der Waals surface area contributed by atoms with E-state index in [1.165, 1.54) is 23.3 Å². The van der Waals surface area contributed by atoms with E-state index in [1.807, 2.05) is 18.2 Å². The fraction of sp³-hybridized carbons (Fsp3) is 0.200. The second kappa shape index (κ2) is 4.74. The van der Waals surface area contributed by atoms with Crippen LogP contribution in [-0.2, 0) is 6.42 Å². The maximum Gasteiger partial charge on any atom is 0.126 e. The zero-order valence-electron chi connectivity index (χ0n) is 10.3. The maximum absolute atomic E-state index is 13.3. The molecule has 19 heavy (non-hydrogen) atoms. The second-order valence-electron chi connectivity index (χ2n) is 4.85. The number of nitrogen functional groups attached to an aromatic ring is 1. The summed E-state index contributed by atoms with van der Waals surface area (Å²) in [6.07, 6.45) is 1.97. The molecule has 0 aromatic heterocycles. The molecule has 3 N–H and O–H groups in total. The number of anilines is 2. The third-order valence-corrected chi connectivity index (χ3v) is 3.67. The Morgan fingerprint density at radius 3 is 2.84 bits per heavy atom. The number of benzene rings is 2. The van der Waals surface area contributed by atoms with Gasteiger partial charge >= 0.3 is 0 Å². The third kappa shape index (κ3) is 2.51. The van der Waals surface area contributed by atoms with Crippen LogP contribution in [0.5, 0.6) is 0 Å². The van der Waals surface area contributed by atoms with Crippen molar-refractivity contribution in [3.05, 3.63) is 58.4 Å². The largest absolute Gasteiger partial charge is 0.399 e. The summed E-state index contributed by atoms with van der Waals surface area (Å²) in [5.41, 5.74) is 9.77. The number of nitrogens with one attached hydrogen (secondary N) is 1. The summed E-state index contributed by atoms with van der Waals surface area (Å²) in [4.78, 5) is 0. The zero-order chi connectivity index (χ0) is 13.4. The van der Waals surface area contributed by atoms with Gasteiger partial charge in [-0.05, 0) is 54.3 Å². The Labute approximate surface area is 116 Å². The normalized spacial score (nSPS) is 17.3. The van der Waals surface area contributed by atoms with Crippen LogP contribution in [0.15, 0.2) is 36.4 Å². The van der Waals surface area contributed by atoms with Gasteiger partial charge in [-0.25, -0.2) is 4.39 Å². The average Bonchev–Trinajstić information content (AvgIpc) is 2.70. The van der Waals surface area contributed by atoms with Crippen molar-refractivity contribution in [1.82, 2.24) is 0 Å². The minimum Gasteiger partial charge on any atom is -0.399 e. The molecule has 1 aliphatic carbocycles. The monoisotopic (exact) mass is 276 g/mol. The predicted octanol–water partition coefficient (Wildman–Crippen LogP) is 4.16. The molecule has 98 valence electrons. The van der Waals surface area contributed by atoms with Gasteiger partial charge < -0.3 is 11.1 Å². The Kier molecular flexibility index (Phi) is 3.07. The van der Waals surface area contributed by atoms with Gasteiger partial charge in [0.1, 0.15) is 5.82 Å². The van der Waals surface area contributed by atoms with E-state index >= 15 is 0 Å². The highest BCUT2D eigenvalue weighted by molar-refractivity contribution is 6.30. The van der Waals surface area contributed by atoms with Crippen molar-refractivity contribution in [2.45, 2.75) is 18.9 Å². The molecule has 0 bridgehead atoms. The van der Waals surface area contributed by atoms with Gasteiger partial charge in [-0.15, -0.1) is 0 Å². The SMILES string of the molecule is Nc1ccc2c(c1)CCC2Nc1cc(F)cc(Cl)c1. The quantitative estimate of drug-likeness (QED) is 0.808. The number of hydrogen-bond acceptors (Lipinski definition) is 2. The molecule has 1 atom stereocenters. The Balaban J connectivity index is 1.86. The molecule has 1 aliphatic rings. The van der Waals surface area contributed by atoms with Crippen LogP contribution < -0.4 is 11.1 Å². The fourth-order valence-electron chi connectivity index (χ4n) is 2.63. The molecule has 4 heteroatoms. The molecule has 0 heterocycles. The van der Waals surface area contributed by atoms with Crippen LogP contribution in [0.1, 0.15) is 23.6 Å². The predicted molar refractivity (Wildman–Crippen MR) is 76.9 cm³/mol. The zero-order valence-corrected chi connectivity index (χ0v) is 11.0. The molecule has 0 saturated heterocycles. The molecule has 0 amide bonds. The Morgan fingerprint density at radius 1 is 1.21 bits per heavy atom. The summed E-state index contributed by atoms with van der Waals surface area (Å²) in [6, 6.07) is 10.6. The first-order valence-electron chi connectivity index (χ1n) is 6.23. The van der Waals surface area contributed by atoms with Crippen molar-refractivity contribution in [2.24, 2.45) is 0 Å². The lowest BCUT2D eigenvalue weighted by Crippen LogP contribution is -2.07. The van der Waals surface area contributed by atoms with Crippen molar-refractivity contribution in [1.29, 1.82) is 0 Å². The van der Waals surface area contributed by atoms with E-state index in [-0.39, 0.29) is 11.9 Å². The van der Waals surface area contributed by atoms with E-state index in [9.17, 15) is 4.39 Å². The molecule has 0 aliphatic heterocycles. The number of fused-ring (bicyclic) bond motifs is 1. The lowest BCUT2D eigenvalue weighted by atomic mass is 10.1. The number of aryl methyl sites for hydroxylation is 1. The van der Waals surface area contributed by atoms with Gasteiger partial charge in [-0.2, -0.15) is 0 Å². The number of halogens is 2. The van der Waals surface area contributed by atoms with Crippen LogP contribution in [0.3, 0.4) is 0 Å². The molecule has 0 fully saturated rings. The summed E-state index contributed by atoms with van der Waals surface area (Å²) in [5, 5.41) is 3.73. The van der Waals surface area contributed by atoms with Crippen LogP contribution in [0.4, 0.5) is 15.8 Å². The lowest BCUT2D eigenvalue weighted by molar-refractivity contribution is 0.627. The average molecular weight is 277 g/mol. The van der Waals surface area contributed by atoms with Crippen LogP contribution in [0.2, 0.25) is 5.02 Å². The van der Waals surface area contributed by atoms with Crippen LogP contribution >= 0.6 is 11.6 Å². The van der Waals surface area contributed by atoms with E-state index < -0.39 is 0 Å². The first-order chi connectivity index (χ1) is 9.11. The van der Waals surface area contributed by atoms with Gasteiger partial charge in [-0.3, -0.25) is 0 Å². The number of nitrogens with two attached hydrogens (primary N) is 1. The van der Waals surface area contributed by atoms with Gasteiger partial charge in [0, 0.05) is 16.4 Å². The summed E-state index contributed by atoms with van der Waals surface area (Å²) in [6.45, 7) is 0. The van der Waals surface area contributed by atoms with Crippen LogP contribution in [-0.4, -0.2) is 0 Å². The molecule has 1 unspecified atom stereocenters. The lowest BCUT2D eigenvalue weighted by Gasteiger charge is -2.16. The number of rotatable bonds is 2. The maximum atomic E-state index is 13.3. The molecule has 2 aromatic carbocycles. The van der Waals surface area contributed by atoms with Gasteiger partial charge in [0.2, 0.25) is 0 Å². The van der Waals surface area contributed by atoms with Crippen molar-refractivity contribution in [2.75, 3.05) is 11.1 Å². The minimum atomic E-state index is -0.328. The van der Waals surface area contributed by atoms with E-state index in [1.54, 1.807) is 6.07 Å². The number of hydrogen-bond donors (Lipinski definition) is 2. The molecule has 0 spiro atoms. The van der Waals surface area contributed by atoms with Crippen LogP contribution in [0.25, 0.3) is 0 Å². The molecular formula is C15H14ClFN2. The first-order valence-corrected chi connectivity index (χ1v) is 6.60. The Morgan fingerprint density at radius 2 is 2.05 bits per heavy atom. The minimum absolute atomic E-state index is 0.188. The van der Waals surface area contributed by atoms with Crippen molar-refractivity contribution in [3.8, 4) is 0 Å². The third-order valence-electron chi connectivity index (χ3n) is 3.45. The van der Waals surface area contributed by atoms with Crippen LogP contribution in [0, 0.1) is 5.82 Å². The molecule has 2 nitrogen and oxygen atoms in total. The molecular weight excluding hydrogens is 263 g/mol. The smallest absolute Gasteiger partial charge is 0.126 e. The molecule has 2 aromatic rings. The second-order valence-corrected chi connectivity index (χ2v) is 5.29. The van der Waals surface area contributed by atoms with E-state index in [0.29, 0.717) is 10.7 Å². The summed E-state index contributed by atoms with van der Waals surface area (Å²) in [7, 11) is 0.